The molecule has 0 saturated heterocycles. The number of nitrogens with zero attached hydrogens (tertiary/aromatic N) is 2. The molecule has 0 aliphatic heterocycles. The lowest BCUT2D eigenvalue weighted by molar-refractivity contribution is 0.696. The first-order valence-corrected chi connectivity index (χ1v) is 6.11. The molecule has 1 saturated carbocycles. The Balaban J connectivity index is 1.84. The lowest BCUT2D eigenvalue weighted by Crippen LogP contribution is -2.06. The average Bonchev–Trinajstić information content (AvgIpc) is 3.13. The molecule has 1 heterocycles. The molecule has 0 bridgehead atoms. The highest BCUT2D eigenvalue weighted by molar-refractivity contribution is 5.38. The third kappa shape index (κ3) is 2.05. The second-order valence-corrected chi connectivity index (χ2v) is 4.89. The van der Waals surface area contributed by atoms with Crippen LogP contribution >= 0.6 is 0 Å². The van der Waals surface area contributed by atoms with E-state index in [1.165, 1.54) is 24.0 Å². The van der Waals surface area contributed by atoms with Gasteiger partial charge in [-0.1, -0.05) is 24.3 Å². The predicted octanol–water partition coefficient (Wildman–Crippen LogP) is 2.70. The van der Waals surface area contributed by atoms with Crippen LogP contribution < -0.4 is 5.73 Å². The van der Waals surface area contributed by atoms with E-state index in [0.717, 1.165) is 23.8 Å². The van der Waals surface area contributed by atoms with Crippen LogP contribution in [0, 0.1) is 6.92 Å². The number of rotatable bonds is 3. The van der Waals surface area contributed by atoms with Crippen LogP contribution in [0.2, 0.25) is 0 Å². The zero-order valence-corrected chi connectivity index (χ0v) is 10.1. The molecule has 3 heteroatoms. The fourth-order valence-corrected chi connectivity index (χ4v) is 2.15. The van der Waals surface area contributed by atoms with Crippen molar-refractivity contribution in [3.05, 3.63) is 47.2 Å². The molecule has 1 aromatic heterocycles. The second kappa shape index (κ2) is 3.91. The van der Waals surface area contributed by atoms with E-state index in [1.54, 1.807) is 0 Å². The van der Waals surface area contributed by atoms with Crippen molar-refractivity contribution in [1.29, 1.82) is 0 Å². The van der Waals surface area contributed by atoms with Gasteiger partial charge in [0.15, 0.2) is 0 Å². The summed E-state index contributed by atoms with van der Waals surface area (Å²) in [7, 11) is 0. The summed E-state index contributed by atoms with van der Waals surface area (Å²) < 4.78 is 1.86. The molecule has 1 aromatic carbocycles. The van der Waals surface area contributed by atoms with Gasteiger partial charge in [0.25, 0.3) is 0 Å². The molecule has 17 heavy (non-hydrogen) atoms. The number of aryl methyl sites for hydroxylation is 1. The Hall–Kier alpha value is -1.77. The maximum atomic E-state index is 5.96. The summed E-state index contributed by atoms with van der Waals surface area (Å²) in [5.74, 6) is 1.56. The van der Waals surface area contributed by atoms with Gasteiger partial charge in [0.1, 0.15) is 5.82 Å². The minimum Gasteiger partial charge on any atom is -0.384 e. The van der Waals surface area contributed by atoms with Crippen LogP contribution in [-0.4, -0.2) is 9.78 Å². The van der Waals surface area contributed by atoms with Gasteiger partial charge < -0.3 is 5.73 Å². The van der Waals surface area contributed by atoms with Gasteiger partial charge in [-0.25, -0.2) is 4.68 Å². The zero-order chi connectivity index (χ0) is 11.8. The minimum absolute atomic E-state index is 0.764. The summed E-state index contributed by atoms with van der Waals surface area (Å²) in [6.07, 6.45) is 4.50. The molecule has 1 aliphatic rings. The largest absolute Gasteiger partial charge is 0.384 e. The zero-order valence-electron chi connectivity index (χ0n) is 10.1. The van der Waals surface area contributed by atoms with E-state index in [2.05, 4.69) is 29.4 Å². The quantitative estimate of drug-likeness (QED) is 0.876. The molecule has 0 spiro atoms. The lowest BCUT2D eigenvalue weighted by Gasteiger charge is -2.06. The van der Waals surface area contributed by atoms with E-state index < -0.39 is 0 Å². The molecule has 0 unspecified atom stereocenters. The second-order valence-electron chi connectivity index (χ2n) is 4.89. The van der Waals surface area contributed by atoms with Crippen LogP contribution in [0.25, 0.3) is 0 Å². The third-order valence-electron chi connectivity index (χ3n) is 3.41. The fourth-order valence-electron chi connectivity index (χ4n) is 2.15. The normalized spacial score (nSPS) is 15.1. The molecular formula is C14H17N3. The number of nitrogen functional groups attached to an aromatic ring is 1. The van der Waals surface area contributed by atoms with Crippen molar-refractivity contribution in [3.63, 3.8) is 0 Å². The first-order chi connectivity index (χ1) is 8.24. The maximum absolute atomic E-state index is 5.96. The van der Waals surface area contributed by atoms with Gasteiger partial charge in [0.2, 0.25) is 0 Å². The van der Waals surface area contributed by atoms with E-state index >= 15 is 0 Å². The lowest BCUT2D eigenvalue weighted by atomic mass is 10.1. The summed E-state index contributed by atoms with van der Waals surface area (Å²) in [6, 6.07) is 8.78. The molecule has 3 rings (SSSR count). The Morgan fingerprint density at radius 1 is 1.41 bits per heavy atom. The van der Waals surface area contributed by atoms with Crippen molar-refractivity contribution in [2.75, 3.05) is 5.73 Å². The van der Waals surface area contributed by atoms with Crippen LogP contribution in [0.5, 0.6) is 0 Å². The highest BCUT2D eigenvalue weighted by atomic mass is 15.3. The Labute approximate surface area is 101 Å². The number of anilines is 1. The van der Waals surface area contributed by atoms with Crippen LogP contribution in [-0.2, 0) is 6.54 Å². The van der Waals surface area contributed by atoms with Gasteiger partial charge in [0, 0.05) is 5.56 Å². The number of benzene rings is 1. The van der Waals surface area contributed by atoms with Gasteiger partial charge >= 0.3 is 0 Å². The van der Waals surface area contributed by atoms with Crippen molar-refractivity contribution in [3.8, 4) is 0 Å². The summed E-state index contributed by atoms with van der Waals surface area (Å²) in [6.45, 7) is 2.75. The van der Waals surface area contributed by atoms with Gasteiger partial charge in [-0.3, -0.25) is 0 Å². The first-order valence-electron chi connectivity index (χ1n) is 6.11. The van der Waals surface area contributed by atoms with Crippen molar-refractivity contribution < 1.29 is 0 Å². The van der Waals surface area contributed by atoms with Gasteiger partial charge in [0.05, 0.1) is 12.7 Å². The van der Waals surface area contributed by atoms with Crippen LogP contribution in [0.15, 0.2) is 30.5 Å². The van der Waals surface area contributed by atoms with Crippen LogP contribution in [0.3, 0.4) is 0 Å². The van der Waals surface area contributed by atoms with Crippen LogP contribution in [0.4, 0.5) is 5.82 Å². The fraction of sp³-hybridized carbons (Fsp3) is 0.357. The Bertz CT molecular complexity index is 538. The molecule has 0 radical (unpaired) electrons. The predicted molar refractivity (Wildman–Crippen MR) is 68.9 cm³/mol. The van der Waals surface area contributed by atoms with Gasteiger partial charge in [-0.15, -0.1) is 0 Å². The monoisotopic (exact) mass is 227 g/mol. The van der Waals surface area contributed by atoms with E-state index in [-0.39, 0.29) is 0 Å². The number of hydrogen-bond acceptors (Lipinski definition) is 2. The summed E-state index contributed by atoms with van der Waals surface area (Å²) in [5.41, 5.74) is 9.75. The SMILES string of the molecule is Cc1cnn(Cc2cccc(C3CC3)c2)c1N. The summed E-state index contributed by atoms with van der Waals surface area (Å²) in [5, 5.41) is 4.29. The van der Waals surface area contributed by atoms with E-state index in [9.17, 15) is 0 Å². The number of aromatic nitrogens is 2. The average molecular weight is 227 g/mol. The minimum atomic E-state index is 0.764. The highest BCUT2D eigenvalue weighted by Gasteiger charge is 2.23. The van der Waals surface area contributed by atoms with E-state index in [0.29, 0.717) is 0 Å². The van der Waals surface area contributed by atoms with Gasteiger partial charge in [-0.05, 0) is 36.8 Å². The highest BCUT2D eigenvalue weighted by Crippen LogP contribution is 2.40. The smallest absolute Gasteiger partial charge is 0.124 e. The van der Waals surface area contributed by atoms with Crippen molar-refractivity contribution >= 4 is 5.82 Å². The van der Waals surface area contributed by atoms with Crippen molar-refractivity contribution in [2.45, 2.75) is 32.2 Å². The molecule has 2 N–H and O–H groups in total. The number of nitrogens with two attached hydrogens (primary N) is 1. The Morgan fingerprint density at radius 3 is 2.88 bits per heavy atom. The van der Waals surface area contributed by atoms with E-state index in [1.807, 2.05) is 17.8 Å². The Morgan fingerprint density at radius 2 is 2.24 bits per heavy atom. The number of hydrogen-bond donors (Lipinski definition) is 1. The molecule has 2 aromatic rings. The molecule has 1 fully saturated rings. The van der Waals surface area contributed by atoms with Crippen molar-refractivity contribution in [1.82, 2.24) is 9.78 Å². The van der Waals surface area contributed by atoms with Crippen molar-refractivity contribution in [2.24, 2.45) is 0 Å². The summed E-state index contributed by atoms with van der Waals surface area (Å²) in [4.78, 5) is 0. The molecule has 1 aliphatic carbocycles. The van der Waals surface area contributed by atoms with Crippen LogP contribution in [0.1, 0.15) is 35.4 Å². The van der Waals surface area contributed by atoms with Gasteiger partial charge in [-0.2, -0.15) is 5.10 Å². The Kier molecular flexibility index (Phi) is 2.39. The standard InChI is InChI=1S/C14H17N3/c1-10-8-16-17(14(10)15)9-11-3-2-4-13(7-11)12-5-6-12/h2-4,7-8,12H,5-6,9,15H2,1H3. The molecule has 88 valence electrons. The molecule has 0 amide bonds. The topological polar surface area (TPSA) is 43.8 Å². The molecular weight excluding hydrogens is 210 g/mol. The summed E-state index contributed by atoms with van der Waals surface area (Å²) >= 11 is 0. The van der Waals surface area contributed by atoms with E-state index in [4.69, 9.17) is 5.73 Å². The maximum Gasteiger partial charge on any atom is 0.124 e. The third-order valence-corrected chi connectivity index (χ3v) is 3.41. The molecule has 3 nitrogen and oxygen atoms in total. The molecule has 0 atom stereocenters. The first kappa shape index (κ1) is 10.4.